The van der Waals surface area contributed by atoms with Gasteiger partial charge in [-0.05, 0) is 12.1 Å². The van der Waals surface area contributed by atoms with Crippen LogP contribution in [0.1, 0.15) is 11.9 Å². The van der Waals surface area contributed by atoms with Crippen molar-refractivity contribution >= 4 is 33.4 Å². The zero-order valence-corrected chi connectivity index (χ0v) is 12.4. The highest BCUT2D eigenvalue weighted by Gasteiger charge is 2.09. The summed E-state index contributed by atoms with van der Waals surface area (Å²) in [6.45, 7) is 2.06. The van der Waals surface area contributed by atoms with Crippen molar-refractivity contribution in [2.24, 2.45) is 0 Å². The molecule has 1 aromatic carbocycles. The molecule has 6 heteroatoms. The minimum Gasteiger partial charge on any atom is -0.354 e. The number of nitrogens with one attached hydrogen (secondary N) is 1. The maximum absolute atomic E-state index is 11.6. The number of carbonyl (C=O) groups is 2. The molecule has 0 aliphatic rings. The molecule has 1 N–H and O–H groups in total. The molecule has 0 aliphatic carbocycles. The Bertz CT molecular complexity index is 591. The molecule has 0 atom stereocenters. The van der Waals surface area contributed by atoms with Gasteiger partial charge in [-0.15, -0.1) is 11.3 Å². The minimum atomic E-state index is -0.149. The molecular formula is C14H17N3O2S. The predicted octanol–water partition coefficient (Wildman–Crippen LogP) is 1.43. The molecule has 2 aromatic rings. The Morgan fingerprint density at radius 3 is 2.80 bits per heavy atom. The van der Waals surface area contributed by atoms with Crippen molar-refractivity contribution in [2.45, 2.75) is 13.3 Å². The number of carbonyl (C=O) groups excluding carboxylic acids is 2. The van der Waals surface area contributed by atoms with Crippen LogP contribution >= 0.6 is 11.3 Å². The average Bonchev–Trinajstić information content (AvgIpc) is 2.81. The van der Waals surface area contributed by atoms with E-state index in [1.54, 1.807) is 18.4 Å². The Balaban J connectivity index is 1.81. The maximum atomic E-state index is 11.6. The number of fused-ring (bicyclic) bond motifs is 1. The van der Waals surface area contributed by atoms with E-state index in [0.29, 0.717) is 13.0 Å². The number of nitrogens with zero attached hydrogens (tertiary/aromatic N) is 2. The summed E-state index contributed by atoms with van der Waals surface area (Å²) in [6, 6.07) is 7.97. The number of rotatable bonds is 5. The molecule has 1 heterocycles. The molecule has 2 rings (SSSR count). The maximum Gasteiger partial charge on any atom is 0.239 e. The first-order chi connectivity index (χ1) is 9.56. The standard InChI is InChI=1S/C14H17N3O2S/c1-10(18)17(2)9-13(19)15-8-7-14-16-11-5-3-4-6-12(11)20-14/h3-6H,7-9H2,1-2H3,(H,15,19). The largest absolute Gasteiger partial charge is 0.354 e. The Morgan fingerprint density at radius 1 is 1.35 bits per heavy atom. The SMILES string of the molecule is CC(=O)N(C)CC(=O)NCCc1nc2ccccc2s1. The van der Waals surface area contributed by atoms with Crippen molar-refractivity contribution in [3.63, 3.8) is 0 Å². The summed E-state index contributed by atoms with van der Waals surface area (Å²) >= 11 is 1.64. The predicted molar refractivity (Wildman–Crippen MR) is 79.6 cm³/mol. The summed E-state index contributed by atoms with van der Waals surface area (Å²) in [5.74, 6) is -0.268. The molecule has 2 amide bonds. The first-order valence-corrected chi connectivity index (χ1v) is 7.21. The number of likely N-dealkylation sites (N-methyl/N-ethyl adjacent to an activating group) is 1. The van der Waals surface area contributed by atoms with Crippen LogP contribution in [0.3, 0.4) is 0 Å². The number of thiazole rings is 1. The number of hydrogen-bond donors (Lipinski definition) is 1. The van der Waals surface area contributed by atoms with Gasteiger partial charge < -0.3 is 10.2 Å². The first kappa shape index (κ1) is 14.5. The second-order valence-corrected chi connectivity index (χ2v) is 5.67. The lowest BCUT2D eigenvalue weighted by Crippen LogP contribution is -2.38. The molecule has 0 bridgehead atoms. The van der Waals surface area contributed by atoms with Gasteiger partial charge in [-0.25, -0.2) is 4.98 Å². The van der Waals surface area contributed by atoms with E-state index in [1.807, 2.05) is 24.3 Å². The molecule has 0 fully saturated rings. The fraction of sp³-hybridized carbons (Fsp3) is 0.357. The molecule has 5 nitrogen and oxygen atoms in total. The van der Waals surface area contributed by atoms with Crippen molar-refractivity contribution in [1.29, 1.82) is 0 Å². The Morgan fingerprint density at radius 2 is 2.10 bits per heavy atom. The fourth-order valence-electron chi connectivity index (χ4n) is 1.72. The third-order valence-corrected chi connectivity index (χ3v) is 4.01. The number of aromatic nitrogens is 1. The highest BCUT2D eigenvalue weighted by atomic mass is 32.1. The molecule has 0 spiro atoms. The normalized spacial score (nSPS) is 10.5. The lowest BCUT2D eigenvalue weighted by atomic mass is 10.3. The monoisotopic (exact) mass is 291 g/mol. The van der Waals surface area contributed by atoms with E-state index in [4.69, 9.17) is 0 Å². The van der Waals surface area contributed by atoms with E-state index in [-0.39, 0.29) is 18.4 Å². The van der Waals surface area contributed by atoms with Gasteiger partial charge in [0.2, 0.25) is 11.8 Å². The van der Waals surface area contributed by atoms with Gasteiger partial charge in [-0.1, -0.05) is 12.1 Å². The van der Waals surface area contributed by atoms with Crippen LogP contribution < -0.4 is 5.32 Å². The molecule has 0 saturated carbocycles. The third-order valence-electron chi connectivity index (χ3n) is 2.92. The number of hydrogen-bond acceptors (Lipinski definition) is 4. The van der Waals surface area contributed by atoms with Gasteiger partial charge >= 0.3 is 0 Å². The second kappa shape index (κ2) is 6.47. The lowest BCUT2D eigenvalue weighted by Gasteiger charge is -2.13. The van der Waals surface area contributed by atoms with Crippen molar-refractivity contribution in [2.75, 3.05) is 20.1 Å². The first-order valence-electron chi connectivity index (χ1n) is 6.39. The summed E-state index contributed by atoms with van der Waals surface area (Å²) < 4.78 is 1.16. The Hall–Kier alpha value is -1.95. The van der Waals surface area contributed by atoms with Crippen LogP contribution in [0.4, 0.5) is 0 Å². The number of benzene rings is 1. The summed E-state index contributed by atoms with van der Waals surface area (Å²) in [6.07, 6.45) is 0.703. The zero-order chi connectivity index (χ0) is 14.5. The van der Waals surface area contributed by atoms with Crippen LogP contribution in [0.15, 0.2) is 24.3 Å². The van der Waals surface area contributed by atoms with E-state index >= 15 is 0 Å². The highest BCUT2D eigenvalue weighted by molar-refractivity contribution is 7.18. The van der Waals surface area contributed by atoms with Crippen molar-refractivity contribution in [1.82, 2.24) is 15.2 Å². The van der Waals surface area contributed by atoms with Gasteiger partial charge in [0.15, 0.2) is 0 Å². The molecule has 0 aliphatic heterocycles. The van der Waals surface area contributed by atoms with Crippen LogP contribution in [0, 0.1) is 0 Å². The molecule has 1 aromatic heterocycles. The minimum absolute atomic E-state index is 0.0924. The van der Waals surface area contributed by atoms with Crippen LogP contribution in [0.5, 0.6) is 0 Å². The van der Waals surface area contributed by atoms with E-state index in [2.05, 4.69) is 10.3 Å². The molecule has 0 radical (unpaired) electrons. The van der Waals surface area contributed by atoms with Crippen LogP contribution in [0.2, 0.25) is 0 Å². The summed E-state index contributed by atoms with van der Waals surface area (Å²) in [7, 11) is 1.61. The third kappa shape index (κ3) is 3.77. The van der Waals surface area contributed by atoms with Crippen molar-refractivity contribution < 1.29 is 9.59 Å². The summed E-state index contributed by atoms with van der Waals surface area (Å²) in [5, 5.41) is 3.80. The van der Waals surface area contributed by atoms with Crippen LogP contribution in [0.25, 0.3) is 10.2 Å². The smallest absolute Gasteiger partial charge is 0.239 e. The molecular weight excluding hydrogens is 274 g/mol. The van der Waals surface area contributed by atoms with Crippen molar-refractivity contribution in [3.8, 4) is 0 Å². The summed E-state index contributed by atoms with van der Waals surface area (Å²) in [5.41, 5.74) is 0.995. The molecule has 20 heavy (non-hydrogen) atoms. The fourth-order valence-corrected chi connectivity index (χ4v) is 2.69. The van der Waals surface area contributed by atoms with E-state index in [9.17, 15) is 9.59 Å². The topological polar surface area (TPSA) is 62.3 Å². The van der Waals surface area contributed by atoms with Gasteiger partial charge in [0.25, 0.3) is 0 Å². The van der Waals surface area contributed by atoms with Crippen molar-refractivity contribution in [3.05, 3.63) is 29.3 Å². The second-order valence-electron chi connectivity index (χ2n) is 4.55. The molecule has 0 unspecified atom stereocenters. The highest BCUT2D eigenvalue weighted by Crippen LogP contribution is 2.21. The quantitative estimate of drug-likeness (QED) is 0.906. The van der Waals surface area contributed by atoms with Gasteiger partial charge in [-0.2, -0.15) is 0 Å². The molecule has 106 valence electrons. The van der Waals surface area contributed by atoms with Gasteiger partial charge in [0, 0.05) is 26.9 Å². The van der Waals surface area contributed by atoms with Crippen LogP contribution in [-0.4, -0.2) is 41.8 Å². The van der Waals surface area contributed by atoms with E-state index in [1.165, 1.54) is 11.8 Å². The Kier molecular flexibility index (Phi) is 4.68. The molecule has 0 saturated heterocycles. The van der Waals surface area contributed by atoms with Gasteiger partial charge in [-0.3, -0.25) is 9.59 Å². The Labute approximate surface area is 121 Å². The lowest BCUT2D eigenvalue weighted by molar-refractivity contribution is -0.133. The van der Waals surface area contributed by atoms with Crippen LogP contribution in [-0.2, 0) is 16.0 Å². The van der Waals surface area contributed by atoms with Gasteiger partial charge in [0.1, 0.15) is 0 Å². The van der Waals surface area contributed by atoms with E-state index < -0.39 is 0 Å². The van der Waals surface area contributed by atoms with Gasteiger partial charge in [0.05, 0.1) is 21.8 Å². The zero-order valence-electron chi connectivity index (χ0n) is 11.5. The number of amides is 2. The number of para-hydroxylation sites is 1. The van der Waals surface area contributed by atoms with E-state index in [0.717, 1.165) is 15.2 Å². The summed E-state index contributed by atoms with van der Waals surface area (Å²) in [4.78, 5) is 28.5. The average molecular weight is 291 g/mol.